The average Bonchev–Trinajstić information content (AvgIpc) is 2.99. The summed E-state index contributed by atoms with van der Waals surface area (Å²) in [7, 11) is 0. The van der Waals surface area contributed by atoms with Crippen LogP contribution < -0.4 is 0 Å². The predicted octanol–water partition coefficient (Wildman–Crippen LogP) is 6.10. The van der Waals surface area contributed by atoms with Crippen molar-refractivity contribution in [1.82, 2.24) is 0 Å². The molecule has 0 amide bonds. The van der Waals surface area contributed by atoms with E-state index in [4.69, 9.17) is 0 Å². The lowest BCUT2D eigenvalue weighted by atomic mass is 9.93. The van der Waals surface area contributed by atoms with Crippen LogP contribution in [0.15, 0.2) is 66.2 Å². The van der Waals surface area contributed by atoms with Crippen molar-refractivity contribution in [2.45, 2.75) is 20.3 Å². The van der Waals surface area contributed by atoms with Gasteiger partial charge in [-0.05, 0) is 45.4 Å². The quantitative estimate of drug-likeness (QED) is 0.533. The van der Waals surface area contributed by atoms with E-state index in [1.165, 1.54) is 33.0 Å². The highest BCUT2D eigenvalue weighted by Gasteiger charge is 2.18. The molecular weight excluding hydrogens is 264 g/mol. The van der Waals surface area contributed by atoms with Gasteiger partial charge >= 0.3 is 0 Å². The van der Waals surface area contributed by atoms with E-state index in [1.54, 1.807) is 5.57 Å². The number of rotatable bonds is 2. The van der Waals surface area contributed by atoms with Gasteiger partial charge < -0.3 is 0 Å². The largest absolute Gasteiger partial charge is 0.0626 e. The summed E-state index contributed by atoms with van der Waals surface area (Å²) in [6.45, 7) is 4.57. The van der Waals surface area contributed by atoms with E-state index in [0.717, 1.165) is 6.42 Å². The predicted molar refractivity (Wildman–Crippen MR) is 95.9 cm³/mol. The van der Waals surface area contributed by atoms with E-state index in [-0.39, 0.29) is 0 Å². The first-order chi connectivity index (χ1) is 10.7. The Morgan fingerprint density at radius 2 is 1.50 bits per heavy atom. The molecule has 1 aliphatic rings. The first-order valence-electron chi connectivity index (χ1n) is 8.04. The maximum absolute atomic E-state index is 2.41. The smallest absolute Gasteiger partial charge is 0.00550 e. The Labute approximate surface area is 132 Å². The van der Waals surface area contributed by atoms with Gasteiger partial charge in [0.05, 0.1) is 0 Å². The molecular formula is C22H20. The Morgan fingerprint density at radius 3 is 2.36 bits per heavy atom. The summed E-state index contributed by atoms with van der Waals surface area (Å²) in [5.74, 6) is 0.618. The van der Waals surface area contributed by atoms with Crippen molar-refractivity contribution in [2.24, 2.45) is 5.92 Å². The van der Waals surface area contributed by atoms with Crippen LogP contribution in [-0.4, -0.2) is 0 Å². The van der Waals surface area contributed by atoms with Crippen LogP contribution in [0.2, 0.25) is 0 Å². The number of allylic oxidation sites excluding steroid dienone is 1. The van der Waals surface area contributed by atoms with Crippen LogP contribution in [0.1, 0.15) is 25.0 Å². The molecule has 0 nitrogen and oxygen atoms in total. The van der Waals surface area contributed by atoms with Crippen LogP contribution in [0.25, 0.3) is 28.0 Å². The highest BCUT2D eigenvalue weighted by Crippen LogP contribution is 2.38. The van der Waals surface area contributed by atoms with Gasteiger partial charge in [-0.1, -0.05) is 86.2 Å². The Balaban J connectivity index is 1.96. The summed E-state index contributed by atoms with van der Waals surface area (Å²) in [5.41, 5.74) is 7.14. The standard InChI is InChI=1S/C22H20/c1-15(2)18-13-17-9-6-12-21(22(17)14-18)20-11-5-8-16-7-3-4-10-19(16)20/h3-12,14-15H,13H2,1-2H3. The van der Waals surface area contributed by atoms with Gasteiger partial charge in [0.25, 0.3) is 0 Å². The highest BCUT2D eigenvalue weighted by atomic mass is 14.2. The number of benzene rings is 3. The van der Waals surface area contributed by atoms with Gasteiger partial charge in [-0.2, -0.15) is 0 Å². The van der Waals surface area contributed by atoms with Crippen LogP contribution in [-0.2, 0) is 6.42 Å². The second-order valence-corrected chi connectivity index (χ2v) is 6.46. The van der Waals surface area contributed by atoms with Crippen molar-refractivity contribution in [2.75, 3.05) is 0 Å². The van der Waals surface area contributed by atoms with Gasteiger partial charge in [-0.15, -0.1) is 0 Å². The number of hydrogen-bond donors (Lipinski definition) is 0. The fourth-order valence-corrected chi connectivity index (χ4v) is 3.46. The normalized spacial score (nSPS) is 13.5. The Kier molecular flexibility index (Phi) is 3.11. The van der Waals surface area contributed by atoms with Crippen molar-refractivity contribution in [3.63, 3.8) is 0 Å². The van der Waals surface area contributed by atoms with E-state index in [2.05, 4.69) is 80.6 Å². The fraction of sp³-hybridized carbons (Fsp3) is 0.182. The first-order valence-corrected chi connectivity index (χ1v) is 8.04. The van der Waals surface area contributed by atoms with Crippen LogP contribution in [0.3, 0.4) is 0 Å². The molecule has 0 aliphatic heterocycles. The zero-order valence-electron chi connectivity index (χ0n) is 13.1. The van der Waals surface area contributed by atoms with Crippen molar-refractivity contribution >= 4 is 16.8 Å². The molecule has 4 rings (SSSR count). The summed E-state index contributed by atoms with van der Waals surface area (Å²) in [6, 6.07) is 22.0. The van der Waals surface area contributed by atoms with Gasteiger partial charge in [0.2, 0.25) is 0 Å². The minimum absolute atomic E-state index is 0.618. The molecule has 0 saturated heterocycles. The van der Waals surface area contributed by atoms with Crippen molar-refractivity contribution in [3.05, 3.63) is 77.4 Å². The van der Waals surface area contributed by atoms with E-state index in [1.807, 2.05) is 0 Å². The monoisotopic (exact) mass is 284 g/mol. The molecule has 0 spiro atoms. The van der Waals surface area contributed by atoms with Crippen LogP contribution in [0.4, 0.5) is 0 Å². The lowest BCUT2D eigenvalue weighted by Crippen LogP contribution is -1.93. The number of hydrogen-bond acceptors (Lipinski definition) is 0. The summed E-state index contributed by atoms with van der Waals surface area (Å²) in [4.78, 5) is 0. The van der Waals surface area contributed by atoms with Gasteiger partial charge in [0.15, 0.2) is 0 Å². The molecule has 0 aromatic heterocycles. The van der Waals surface area contributed by atoms with Crippen LogP contribution in [0.5, 0.6) is 0 Å². The molecule has 0 fully saturated rings. The molecule has 0 heteroatoms. The second kappa shape index (κ2) is 5.14. The Bertz CT molecular complexity index is 876. The zero-order valence-corrected chi connectivity index (χ0v) is 13.1. The minimum Gasteiger partial charge on any atom is -0.0626 e. The zero-order chi connectivity index (χ0) is 15.1. The highest BCUT2D eigenvalue weighted by molar-refractivity contribution is 5.99. The third kappa shape index (κ3) is 2.07. The molecule has 0 N–H and O–H groups in total. The molecule has 108 valence electrons. The Hall–Kier alpha value is -2.34. The van der Waals surface area contributed by atoms with E-state index in [0.29, 0.717) is 5.92 Å². The molecule has 3 aromatic carbocycles. The van der Waals surface area contributed by atoms with Gasteiger partial charge in [0.1, 0.15) is 0 Å². The Morgan fingerprint density at radius 1 is 0.773 bits per heavy atom. The first kappa shape index (κ1) is 13.3. The summed E-state index contributed by atoms with van der Waals surface area (Å²) >= 11 is 0. The summed E-state index contributed by atoms with van der Waals surface area (Å²) < 4.78 is 0. The lowest BCUT2D eigenvalue weighted by Gasteiger charge is -2.11. The van der Waals surface area contributed by atoms with E-state index >= 15 is 0 Å². The molecule has 0 unspecified atom stereocenters. The average molecular weight is 284 g/mol. The van der Waals surface area contributed by atoms with Crippen LogP contribution >= 0.6 is 0 Å². The van der Waals surface area contributed by atoms with E-state index < -0.39 is 0 Å². The molecule has 0 bridgehead atoms. The van der Waals surface area contributed by atoms with Crippen molar-refractivity contribution in [1.29, 1.82) is 0 Å². The van der Waals surface area contributed by atoms with Gasteiger partial charge in [-0.3, -0.25) is 0 Å². The topological polar surface area (TPSA) is 0 Å². The molecule has 22 heavy (non-hydrogen) atoms. The van der Waals surface area contributed by atoms with Crippen molar-refractivity contribution < 1.29 is 0 Å². The van der Waals surface area contributed by atoms with Gasteiger partial charge in [-0.25, -0.2) is 0 Å². The molecule has 0 heterocycles. The van der Waals surface area contributed by atoms with Crippen LogP contribution in [0, 0.1) is 5.92 Å². The van der Waals surface area contributed by atoms with E-state index in [9.17, 15) is 0 Å². The second-order valence-electron chi connectivity index (χ2n) is 6.46. The molecule has 1 aliphatic carbocycles. The molecule has 0 saturated carbocycles. The number of fused-ring (bicyclic) bond motifs is 2. The maximum atomic E-state index is 2.41. The fourth-order valence-electron chi connectivity index (χ4n) is 3.46. The molecule has 3 aromatic rings. The maximum Gasteiger partial charge on any atom is -0.00550 e. The van der Waals surface area contributed by atoms with Crippen molar-refractivity contribution in [3.8, 4) is 11.1 Å². The lowest BCUT2D eigenvalue weighted by molar-refractivity contribution is 0.754. The molecule has 0 radical (unpaired) electrons. The summed E-state index contributed by atoms with van der Waals surface area (Å²) in [6.07, 6.45) is 3.52. The third-order valence-electron chi connectivity index (χ3n) is 4.74. The third-order valence-corrected chi connectivity index (χ3v) is 4.74. The minimum atomic E-state index is 0.618. The summed E-state index contributed by atoms with van der Waals surface area (Å²) in [5, 5.41) is 2.65. The molecule has 0 atom stereocenters. The SMILES string of the molecule is CC(C)C1=Cc2c(cccc2-c2cccc3ccccc23)C1. The van der Waals surface area contributed by atoms with Gasteiger partial charge in [0, 0.05) is 0 Å².